The van der Waals surface area contributed by atoms with Crippen LogP contribution >= 0.6 is 0 Å². The van der Waals surface area contributed by atoms with Gasteiger partial charge in [-0.05, 0) is 42.7 Å². The summed E-state index contributed by atoms with van der Waals surface area (Å²) in [5, 5.41) is 1.17. The van der Waals surface area contributed by atoms with Crippen molar-refractivity contribution < 1.29 is 9.53 Å². The van der Waals surface area contributed by atoms with Crippen molar-refractivity contribution in [1.82, 2.24) is 14.8 Å². The van der Waals surface area contributed by atoms with Crippen LogP contribution in [-0.4, -0.2) is 53.5 Å². The molecule has 2 heterocycles. The third-order valence-corrected chi connectivity index (χ3v) is 5.53. The number of aryl methyl sites for hydroxylation is 2. The highest BCUT2D eigenvalue weighted by molar-refractivity contribution is 5.81. The van der Waals surface area contributed by atoms with E-state index in [0.29, 0.717) is 0 Å². The molecule has 0 atom stereocenters. The summed E-state index contributed by atoms with van der Waals surface area (Å²) in [5.74, 6) is 0.845. The van der Waals surface area contributed by atoms with E-state index in [1.807, 2.05) is 43.1 Å². The Hall–Kier alpha value is -2.92. The minimum absolute atomic E-state index is 0.0531. The number of para-hydroxylation sites is 1. The Balaban J connectivity index is 1.31. The smallest absolute Gasteiger partial charge is 0.260 e. The Morgan fingerprint density at radius 3 is 2.66 bits per heavy atom. The van der Waals surface area contributed by atoms with E-state index >= 15 is 0 Å². The van der Waals surface area contributed by atoms with Crippen LogP contribution in [0.5, 0.6) is 5.75 Å². The van der Waals surface area contributed by atoms with Crippen molar-refractivity contribution in [3.8, 4) is 5.75 Å². The number of carbonyl (C=O) groups is 1. The van der Waals surface area contributed by atoms with Gasteiger partial charge in [-0.25, -0.2) is 0 Å². The number of carbonyl (C=O) groups excluding carboxylic acids is 1. The van der Waals surface area contributed by atoms with Gasteiger partial charge in [-0.2, -0.15) is 0 Å². The van der Waals surface area contributed by atoms with Gasteiger partial charge in [0.2, 0.25) is 0 Å². The van der Waals surface area contributed by atoms with Crippen LogP contribution in [0.25, 0.3) is 10.9 Å². The maximum Gasteiger partial charge on any atom is 0.260 e. The molecule has 0 unspecified atom stereocenters. The number of benzene rings is 2. The van der Waals surface area contributed by atoms with Gasteiger partial charge in [0.05, 0.1) is 5.52 Å². The number of fused-ring (bicyclic) bond motifs is 1. The van der Waals surface area contributed by atoms with Gasteiger partial charge in [0, 0.05) is 44.3 Å². The molecule has 1 aliphatic heterocycles. The van der Waals surface area contributed by atoms with Crippen molar-refractivity contribution in [3.63, 3.8) is 0 Å². The van der Waals surface area contributed by atoms with Gasteiger partial charge in [0.25, 0.3) is 5.91 Å². The second-order valence-corrected chi connectivity index (χ2v) is 7.71. The lowest BCUT2D eigenvalue weighted by Crippen LogP contribution is -2.49. The average Bonchev–Trinajstić information content (AvgIpc) is 2.75. The number of rotatable bonds is 5. The summed E-state index contributed by atoms with van der Waals surface area (Å²) in [7, 11) is 0. The highest BCUT2D eigenvalue weighted by Gasteiger charge is 2.22. The Bertz CT molecular complexity index is 1000. The van der Waals surface area contributed by atoms with Crippen LogP contribution < -0.4 is 4.74 Å². The molecule has 29 heavy (non-hydrogen) atoms. The fraction of sp³-hybridized carbons (Fsp3) is 0.333. The fourth-order valence-corrected chi connectivity index (χ4v) is 3.78. The molecule has 1 amide bonds. The topological polar surface area (TPSA) is 45.7 Å². The monoisotopic (exact) mass is 389 g/mol. The number of nitrogens with zero attached hydrogens (tertiary/aromatic N) is 3. The Morgan fingerprint density at radius 1 is 1.03 bits per heavy atom. The van der Waals surface area contributed by atoms with Crippen molar-refractivity contribution in [1.29, 1.82) is 0 Å². The maximum atomic E-state index is 12.6. The molecule has 150 valence electrons. The molecule has 0 saturated carbocycles. The number of aromatic nitrogens is 1. The van der Waals surface area contributed by atoms with Gasteiger partial charge in [0.15, 0.2) is 6.61 Å². The lowest BCUT2D eigenvalue weighted by molar-refractivity contribution is -0.135. The third-order valence-electron chi connectivity index (χ3n) is 5.53. The second-order valence-electron chi connectivity index (χ2n) is 7.71. The van der Waals surface area contributed by atoms with E-state index in [4.69, 9.17) is 4.74 Å². The number of pyridine rings is 1. The summed E-state index contributed by atoms with van der Waals surface area (Å²) in [6.07, 6.45) is 1.85. The van der Waals surface area contributed by atoms with Crippen molar-refractivity contribution in [2.75, 3.05) is 32.8 Å². The summed E-state index contributed by atoms with van der Waals surface area (Å²) in [4.78, 5) is 21.4. The Morgan fingerprint density at radius 2 is 1.83 bits per heavy atom. The van der Waals surface area contributed by atoms with Crippen LogP contribution in [-0.2, 0) is 11.3 Å². The normalized spacial score (nSPS) is 14.9. The summed E-state index contributed by atoms with van der Waals surface area (Å²) >= 11 is 0. The van der Waals surface area contributed by atoms with Crippen molar-refractivity contribution in [2.24, 2.45) is 0 Å². The molecule has 1 aromatic heterocycles. The van der Waals surface area contributed by atoms with E-state index in [0.717, 1.165) is 55.1 Å². The molecule has 0 aliphatic carbocycles. The first-order valence-electron chi connectivity index (χ1n) is 10.1. The highest BCUT2D eigenvalue weighted by atomic mass is 16.5. The lowest BCUT2D eigenvalue weighted by Gasteiger charge is -2.34. The lowest BCUT2D eigenvalue weighted by atomic mass is 10.1. The van der Waals surface area contributed by atoms with E-state index in [9.17, 15) is 4.79 Å². The zero-order valence-electron chi connectivity index (χ0n) is 17.1. The van der Waals surface area contributed by atoms with E-state index < -0.39 is 0 Å². The van der Waals surface area contributed by atoms with E-state index in [2.05, 4.69) is 40.2 Å². The molecular weight excluding hydrogens is 362 g/mol. The number of hydrogen-bond donors (Lipinski definition) is 0. The third kappa shape index (κ3) is 4.57. The molecule has 1 fully saturated rings. The zero-order chi connectivity index (χ0) is 20.2. The molecule has 2 aromatic carbocycles. The van der Waals surface area contributed by atoms with Crippen molar-refractivity contribution >= 4 is 16.8 Å². The highest BCUT2D eigenvalue weighted by Crippen LogP contribution is 2.20. The standard InChI is InChI=1S/C24H27N3O2/c1-18-8-9-19(2)22(15-18)29-17-23(28)27-13-11-26(12-14-27)16-21-6-3-5-20-7-4-10-25-24(20)21/h3-10,15H,11-14,16-17H2,1-2H3. The molecule has 0 bridgehead atoms. The van der Waals surface area contributed by atoms with Crippen LogP contribution in [0.2, 0.25) is 0 Å². The minimum atomic E-state index is 0.0531. The molecule has 1 aliphatic rings. The van der Waals surface area contributed by atoms with Crippen LogP contribution in [0.4, 0.5) is 0 Å². The van der Waals surface area contributed by atoms with Gasteiger partial charge >= 0.3 is 0 Å². The first-order chi connectivity index (χ1) is 14.1. The van der Waals surface area contributed by atoms with E-state index in [-0.39, 0.29) is 12.5 Å². The van der Waals surface area contributed by atoms with Gasteiger partial charge in [-0.3, -0.25) is 14.7 Å². The number of piperazine rings is 1. The fourth-order valence-electron chi connectivity index (χ4n) is 3.78. The average molecular weight is 389 g/mol. The summed E-state index contributed by atoms with van der Waals surface area (Å²) in [6, 6.07) is 16.5. The van der Waals surface area contributed by atoms with Gasteiger partial charge in [-0.15, -0.1) is 0 Å². The van der Waals surface area contributed by atoms with E-state index in [1.165, 1.54) is 10.9 Å². The predicted molar refractivity (Wildman–Crippen MR) is 115 cm³/mol. The van der Waals surface area contributed by atoms with Crippen molar-refractivity contribution in [3.05, 3.63) is 71.4 Å². The SMILES string of the molecule is Cc1ccc(C)c(OCC(=O)N2CCN(Cc3cccc4cccnc34)CC2)c1. The number of hydrogen-bond acceptors (Lipinski definition) is 4. The largest absolute Gasteiger partial charge is 0.483 e. The molecule has 4 rings (SSSR count). The number of ether oxygens (including phenoxy) is 1. The first-order valence-corrected chi connectivity index (χ1v) is 10.1. The van der Waals surface area contributed by atoms with Crippen LogP contribution in [0, 0.1) is 13.8 Å². The molecular formula is C24H27N3O2. The predicted octanol–water partition coefficient (Wildman–Crippen LogP) is 3.57. The summed E-state index contributed by atoms with van der Waals surface area (Å²) in [6.45, 7) is 8.16. The van der Waals surface area contributed by atoms with Gasteiger partial charge < -0.3 is 9.64 Å². The first kappa shape index (κ1) is 19.4. The van der Waals surface area contributed by atoms with Crippen LogP contribution in [0.3, 0.4) is 0 Å². The summed E-state index contributed by atoms with van der Waals surface area (Å²) in [5.41, 5.74) is 4.49. The second kappa shape index (κ2) is 8.62. The molecule has 0 N–H and O–H groups in total. The zero-order valence-corrected chi connectivity index (χ0v) is 17.1. The Kier molecular flexibility index (Phi) is 5.76. The quantitative estimate of drug-likeness (QED) is 0.669. The van der Waals surface area contributed by atoms with Crippen LogP contribution in [0.15, 0.2) is 54.7 Å². The molecule has 0 radical (unpaired) electrons. The van der Waals surface area contributed by atoms with Crippen LogP contribution in [0.1, 0.15) is 16.7 Å². The maximum absolute atomic E-state index is 12.6. The molecule has 0 spiro atoms. The summed E-state index contributed by atoms with van der Waals surface area (Å²) < 4.78 is 5.79. The van der Waals surface area contributed by atoms with Crippen molar-refractivity contribution in [2.45, 2.75) is 20.4 Å². The Labute approximate surface area is 171 Å². The van der Waals surface area contributed by atoms with E-state index in [1.54, 1.807) is 0 Å². The number of amides is 1. The minimum Gasteiger partial charge on any atom is -0.483 e. The van der Waals surface area contributed by atoms with Gasteiger partial charge in [0.1, 0.15) is 5.75 Å². The molecule has 3 aromatic rings. The van der Waals surface area contributed by atoms with Gasteiger partial charge in [-0.1, -0.05) is 36.4 Å². The molecule has 1 saturated heterocycles. The molecule has 5 heteroatoms. The molecule has 5 nitrogen and oxygen atoms in total.